The maximum Gasteiger partial charge on any atom is 0.416 e. The molecule has 2 atom stereocenters. The van der Waals surface area contributed by atoms with E-state index in [4.69, 9.17) is 10.3 Å². The van der Waals surface area contributed by atoms with Gasteiger partial charge < -0.3 is 15.0 Å². The smallest absolute Gasteiger partial charge is 0.364 e. The molecule has 0 saturated carbocycles. The van der Waals surface area contributed by atoms with Crippen LogP contribution in [-0.4, -0.2) is 47.9 Å². The molecule has 0 radical (unpaired) electrons. The zero-order chi connectivity index (χ0) is 28.5. The number of aromatic nitrogens is 1. The van der Waals surface area contributed by atoms with E-state index in [-0.39, 0.29) is 44.0 Å². The van der Waals surface area contributed by atoms with Crippen LogP contribution >= 0.6 is 11.3 Å². The van der Waals surface area contributed by atoms with E-state index in [0.717, 1.165) is 17.7 Å². The molecule has 0 spiro atoms. The van der Waals surface area contributed by atoms with Crippen molar-refractivity contribution in [3.05, 3.63) is 86.6 Å². The highest BCUT2D eigenvalue weighted by molar-refractivity contribution is 7.09. The zero-order valence-corrected chi connectivity index (χ0v) is 22.2. The summed E-state index contributed by atoms with van der Waals surface area (Å²) in [7, 11) is 0. The summed E-state index contributed by atoms with van der Waals surface area (Å²) in [6, 6.07) is 13.9. The third-order valence-electron chi connectivity index (χ3n) is 6.51. The van der Waals surface area contributed by atoms with Crippen molar-refractivity contribution in [2.45, 2.75) is 31.7 Å². The number of carbonyl (C=O) groups excluding carboxylic acids is 2. The fraction of sp³-hybridized carbons (Fsp3) is 0.370. The van der Waals surface area contributed by atoms with Crippen LogP contribution in [0.15, 0.2) is 65.1 Å². The minimum absolute atomic E-state index is 0.0517. The lowest BCUT2D eigenvalue weighted by Crippen LogP contribution is -2.46. The van der Waals surface area contributed by atoms with Crippen molar-refractivity contribution >= 4 is 23.2 Å². The lowest BCUT2D eigenvalue weighted by molar-refractivity contribution is -0.141. The average molecular weight is 573 g/mol. The van der Waals surface area contributed by atoms with Crippen molar-refractivity contribution in [3.8, 4) is 11.3 Å². The molecule has 2 heterocycles. The number of benzene rings is 2. The number of thiazole rings is 1. The Balaban J connectivity index is 1.27. The van der Waals surface area contributed by atoms with Crippen molar-refractivity contribution in [1.29, 1.82) is 0 Å². The number of rotatable bonds is 10. The van der Waals surface area contributed by atoms with E-state index in [9.17, 15) is 22.8 Å². The van der Waals surface area contributed by atoms with Gasteiger partial charge >= 0.3 is 6.18 Å². The van der Waals surface area contributed by atoms with Crippen LogP contribution in [0.3, 0.4) is 0 Å². The second kappa shape index (κ2) is 13.4. The van der Waals surface area contributed by atoms with Gasteiger partial charge in [0.05, 0.1) is 36.4 Å². The van der Waals surface area contributed by atoms with Gasteiger partial charge in [-0.15, -0.1) is 11.3 Å². The van der Waals surface area contributed by atoms with Crippen molar-refractivity contribution < 1.29 is 27.5 Å². The maximum atomic E-state index is 12.9. The van der Waals surface area contributed by atoms with Gasteiger partial charge in [0.2, 0.25) is 11.8 Å². The number of hydrogen-bond acceptors (Lipinski definition) is 6. The summed E-state index contributed by atoms with van der Waals surface area (Å²) in [5.74, 6) is -0.837. The monoisotopic (exact) mass is 572 g/mol. The second-order valence-corrected chi connectivity index (χ2v) is 10.2. The number of amides is 2. The second-order valence-electron chi connectivity index (χ2n) is 9.22. The van der Waals surface area contributed by atoms with Crippen LogP contribution in [0, 0.1) is 5.92 Å². The molecule has 210 valence electrons. The van der Waals surface area contributed by atoms with E-state index < -0.39 is 17.8 Å². The number of carbonyl (C=O) groups is 2. The molecular formula is C27H27F3N6O3S. The molecule has 2 amide bonds. The molecule has 40 heavy (non-hydrogen) atoms. The number of ether oxygens (including phenoxy) is 1. The summed E-state index contributed by atoms with van der Waals surface area (Å²) in [5, 5.41) is 8.79. The highest BCUT2D eigenvalue weighted by atomic mass is 32.1. The fourth-order valence-electron chi connectivity index (χ4n) is 4.38. The highest BCUT2D eigenvalue weighted by Gasteiger charge is 2.30. The number of alkyl halides is 3. The van der Waals surface area contributed by atoms with Crippen molar-refractivity contribution in [1.82, 2.24) is 15.2 Å². The molecule has 1 N–H and O–H groups in total. The lowest BCUT2D eigenvalue weighted by atomic mass is 9.97. The minimum Gasteiger partial charge on any atom is -0.364 e. The number of piperidine rings is 1. The minimum atomic E-state index is -4.40. The first-order valence-corrected chi connectivity index (χ1v) is 13.5. The number of likely N-dealkylation sites (tertiary alicyclic amines) is 1. The van der Waals surface area contributed by atoms with Crippen LogP contribution in [-0.2, 0) is 27.0 Å². The Kier molecular flexibility index (Phi) is 9.75. The topological polar surface area (TPSA) is 120 Å². The summed E-state index contributed by atoms with van der Waals surface area (Å²) < 4.78 is 44.2. The number of hydrogen-bond donors (Lipinski definition) is 1. The van der Waals surface area contributed by atoms with Crippen molar-refractivity contribution in [2.24, 2.45) is 11.0 Å². The van der Waals surface area contributed by atoms with Crippen LogP contribution < -0.4 is 5.32 Å². The molecule has 3 aromatic rings. The van der Waals surface area contributed by atoms with Crippen LogP contribution in [0.4, 0.5) is 13.2 Å². The Bertz CT molecular complexity index is 1340. The first kappa shape index (κ1) is 29.1. The van der Waals surface area contributed by atoms with Gasteiger partial charge in [-0.1, -0.05) is 47.6 Å². The number of nitrogens with zero attached hydrogens (tertiary/aromatic N) is 5. The predicted molar refractivity (Wildman–Crippen MR) is 143 cm³/mol. The number of azide groups is 1. The molecule has 0 bridgehead atoms. The Labute approximate surface area is 232 Å². The zero-order valence-electron chi connectivity index (χ0n) is 21.4. The van der Waals surface area contributed by atoms with Crippen molar-refractivity contribution in [2.75, 3.05) is 26.2 Å². The summed E-state index contributed by atoms with van der Waals surface area (Å²) in [6.45, 7) is 0.795. The average Bonchev–Trinajstić information content (AvgIpc) is 3.45. The molecule has 1 aliphatic rings. The summed E-state index contributed by atoms with van der Waals surface area (Å²) in [5.41, 5.74) is 9.84. The third kappa shape index (κ3) is 7.81. The lowest BCUT2D eigenvalue weighted by Gasteiger charge is -2.32. The molecule has 1 fully saturated rings. The van der Waals surface area contributed by atoms with Gasteiger partial charge in [0.25, 0.3) is 0 Å². The SMILES string of the molecule is [N-]=[N+]=NC[C@@H](OCC(=O)N1CCC[C@H](C(=O)NCc2nc(-c3ccc(C(F)(F)F)cc3)cs2)C1)c1ccccc1. The molecular weight excluding hydrogens is 545 g/mol. The first-order valence-electron chi connectivity index (χ1n) is 12.6. The van der Waals surface area contributed by atoms with Gasteiger partial charge in [0.1, 0.15) is 11.6 Å². The molecule has 0 unspecified atom stereocenters. The van der Waals surface area contributed by atoms with Gasteiger partial charge in [-0.05, 0) is 36.1 Å². The van der Waals surface area contributed by atoms with Gasteiger partial charge in [-0.3, -0.25) is 9.59 Å². The van der Waals surface area contributed by atoms with E-state index in [2.05, 4.69) is 20.3 Å². The number of halogens is 3. The summed E-state index contributed by atoms with van der Waals surface area (Å²) in [6.07, 6.45) is -3.66. The van der Waals surface area contributed by atoms with Gasteiger partial charge in [0, 0.05) is 28.9 Å². The molecule has 1 aromatic heterocycles. The molecule has 2 aromatic carbocycles. The molecule has 1 saturated heterocycles. The molecule has 9 nitrogen and oxygen atoms in total. The standard InChI is InChI=1S/C27H27F3N6O3S/c28-27(29,30)21-10-8-18(9-11-21)22-17-40-24(34-22)14-32-26(38)20-7-4-12-36(15-20)25(37)16-39-23(13-33-35-31)19-5-2-1-3-6-19/h1-3,5-6,8-11,17,20,23H,4,7,12-16H2,(H,32,38)/t20-,23+/m0/s1. The van der Waals surface area contributed by atoms with Crippen LogP contribution in [0.2, 0.25) is 0 Å². The van der Waals surface area contributed by atoms with Crippen LogP contribution in [0.5, 0.6) is 0 Å². The molecule has 0 aliphatic carbocycles. The highest BCUT2D eigenvalue weighted by Crippen LogP contribution is 2.31. The number of nitrogens with one attached hydrogen (secondary N) is 1. The Morgan fingerprint density at radius 1 is 1.20 bits per heavy atom. The third-order valence-corrected chi connectivity index (χ3v) is 7.36. The fourth-order valence-corrected chi connectivity index (χ4v) is 5.12. The van der Waals surface area contributed by atoms with Crippen LogP contribution in [0.25, 0.3) is 21.7 Å². The van der Waals surface area contributed by atoms with Gasteiger partial charge in [-0.2, -0.15) is 13.2 Å². The molecule has 13 heteroatoms. The summed E-state index contributed by atoms with van der Waals surface area (Å²) in [4.78, 5) is 34.5. The predicted octanol–water partition coefficient (Wildman–Crippen LogP) is 5.75. The first-order chi connectivity index (χ1) is 19.2. The van der Waals surface area contributed by atoms with Crippen molar-refractivity contribution in [3.63, 3.8) is 0 Å². The Morgan fingerprint density at radius 2 is 1.95 bits per heavy atom. The van der Waals surface area contributed by atoms with E-state index >= 15 is 0 Å². The van der Waals surface area contributed by atoms with E-state index in [1.807, 2.05) is 30.3 Å². The van der Waals surface area contributed by atoms with E-state index in [1.54, 1.807) is 10.3 Å². The molecule has 4 rings (SSSR count). The molecule has 1 aliphatic heterocycles. The largest absolute Gasteiger partial charge is 0.416 e. The van der Waals surface area contributed by atoms with Gasteiger partial charge in [-0.25, -0.2) is 4.98 Å². The normalized spacial score (nSPS) is 16.2. The van der Waals surface area contributed by atoms with E-state index in [0.29, 0.717) is 35.7 Å². The van der Waals surface area contributed by atoms with Gasteiger partial charge in [0.15, 0.2) is 0 Å². The van der Waals surface area contributed by atoms with Crippen LogP contribution in [0.1, 0.15) is 35.1 Å². The Hall–Kier alpha value is -3.93. The quantitative estimate of drug-likeness (QED) is 0.189. The summed E-state index contributed by atoms with van der Waals surface area (Å²) >= 11 is 1.30. The Morgan fingerprint density at radius 3 is 2.65 bits per heavy atom. The maximum absolute atomic E-state index is 12.9. The van der Waals surface area contributed by atoms with E-state index in [1.165, 1.54) is 23.5 Å².